The smallest absolute Gasteiger partial charge is 0.254 e. The average molecular weight is 342 g/mol. The summed E-state index contributed by atoms with van der Waals surface area (Å²) in [5, 5.41) is 4.23. The van der Waals surface area contributed by atoms with E-state index in [0.29, 0.717) is 5.56 Å². The molecule has 0 atom stereocenters. The zero-order valence-corrected chi connectivity index (χ0v) is 15.2. The Kier molecular flexibility index (Phi) is 5.33. The Bertz CT molecular complexity index is 726. The van der Waals surface area contributed by atoms with Crippen molar-refractivity contribution in [1.82, 2.24) is 24.6 Å². The molecule has 1 saturated heterocycles. The van der Waals surface area contributed by atoms with E-state index in [0.717, 1.165) is 45.0 Å². The number of hydrogen-bond donors (Lipinski definition) is 0. The molecule has 0 unspecified atom stereocenters. The number of rotatable bonds is 4. The lowest BCUT2D eigenvalue weighted by Crippen LogP contribution is -2.35. The summed E-state index contributed by atoms with van der Waals surface area (Å²) in [7, 11) is 5.79. The largest absolute Gasteiger partial charge is 0.363 e. The molecular weight excluding hydrogens is 316 g/mol. The first-order valence-corrected chi connectivity index (χ1v) is 8.65. The second-order valence-electron chi connectivity index (χ2n) is 6.74. The van der Waals surface area contributed by atoms with Gasteiger partial charge in [-0.2, -0.15) is 5.10 Å². The van der Waals surface area contributed by atoms with Gasteiger partial charge in [0.25, 0.3) is 5.91 Å². The van der Waals surface area contributed by atoms with Crippen LogP contribution in [0, 0.1) is 0 Å². The SMILES string of the molecule is CN(C)c1cc(C(=O)N2CCCN(Cc3cnn(C)c3)CC2)ccn1. The third-order valence-corrected chi connectivity index (χ3v) is 4.49. The van der Waals surface area contributed by atoms with Crippen LogP contribution in [-0.4, -0.2) is 70.7 Å². The molecule has 1 amide bonds. The van der Waals surface area contributed by atoms with E-state index in [4.69, 9.17) is 0 Å². The highest BCUT2D eigenvalue weighted by atomic mass is 16.2. The van der Waals surface area contributed by atoms with E-state index in [-0.39, 0.29) is 5.91 Å². The maximum atomic E-state index is 12.8. The highest BCUT2D eigenvalue weighted by molar-refractivity contribution is 5.94. The van der Waals surface area contributed by atoms with Crippen molar-refractivity contribution in [3.05, 3.63) is 41.9 Å². The first kappa shape index (κ1) is 17.4. The summed E-state index contributed by atoms with van der Waals surface area (Å²) < 4.78 is 1.83. The minimum atomic E-state index is 0.0914. The van der Waals surface area contributed by atoms with Crippen LogP contribution in [0.2, 0.25) is 0 Å². The molecule has 2 aromatic heterocycles. The van der Waals surface area contributed by atoms with Crippen molar-refractivity contribution in [1.29, 1.82) is 0 Å². The number of nitrogens with zero attached hydrogens (tertiary/aromatic N) is 6. The molecule has 0 bridgehead atoms. The van der Waals surface area contributed by atoms with E-state index < -0.39 is 0 Å². The van der Waals surface area contributed by atoms with Crippen molar-refractivity contribution < 1.29 is 4.79 Å². The van der Waals surface area contributed by atoms with Crippen LogP contribution in [0.4, 0.5) is 5.82 Å². The van der Waals surface area contributed by atoms with Crippen LogP contribution in [0.3, 0.4) is 0 Å². The molecular formula is C18H26N6O. The normalized spacial score (nSPS) is 15.9. The van der Waals surface area contributed by atoms with Crippen molar-refractivity contribution in [3.8, 4) is 0 Å². The lowest BCUT2D eigenvalue weighted by atomic mass is 10.2. The Morgan fingerprint density at radius 2 is 2.08 bits per heavy atom. The molecule has 25 heavy (non-hydrogen) atoms. The van der Waals surface area contributed by atoms with Crippen molar-refractivity contribution in [2.24, 2.45) is 7.05 Å². The quantitative estimate of drug-likeness (QED) is 0.836. The van der Waals surface area contributed by atoms with Gasteiger partial charge in [-0.15, -0.1) is 0 Å². The summed E-state index contributed by atoms with van der Waals surface area (Å²) in [5.41, 5.74) is 1.92. The standard InChI is InChI=1S/C18H26N6O/c1-21(2)17-11-16(5-6-19-17)18(25)24-8-4-7-23(9-10-24)14-15-12-20-22(3)13-15/h5-6,11-13H,4,7-10,14H2,1-3H3. The highest BCUT2D eigenvalue weighted by Crippen LogP contribution is 2.14. The van der Waals surface area contributed by atoms with Gasteiger partial charge in [0.15, 0.2) is 0 Å². The third-order valence-electron chi connectivity index (χ3n) is 4.49. The minimum absolute atomic E-state index is 0.0914. The summed E-state index contributed by atoms with van der Waals surface area (Å²) in [6, 6.07) is 3.66. The van der Waals surface area contributed by atoms with Crippen molar-refractivity contribution in [3.63, 3.8) is 0 Å². The van der Waals surface area contributed by atoms with Crippen LogP contribution in [0.5, 0.6) is 0 Å². The molecule has 1 aliphatic heterocycles. The fraction of sp³-hybridized carbons (Fsp3) is 0.500. The number of carbonyl (C=O) groups excluding carboxylic acids is 1. The molecule has 134 valence electrons. The summed E-state index contributed by atoms with van der Waals surface area (Å²) in [5.74, 6) is 0.896. The van der Waals surface area contributed by atoms with E-state index in [1.54, 1.807) is 12.3 Å². The second kappa shape index (κ2) is 7.65. The molecule has 7 nitrogen and oxygen atoms in total. The number of pyridine rings is 1. The average Bonchev–Trinajstić information content (AvgIpc) is 2.87. The topological polar surface area (TPSA) is 57.5 Å². The number of hydrogen-bond acceptors (Lipinski definition) is 5. The van der Waals surface area contributed by atoms with E-state index in [9.17, 15) is 4.79 Å². The molecule has 0 spiro atoms. The molecule has 3 heterocycles. The molecule has 3 rings (SSSR count). The zero-order valence-electron chi connectivity index (χ0n) is 15.2. The summed E-state index contributed by atoms with van der Waals surface area (Å²) in [4.78, 5) is 23.4. The van der Waals surface area contributed by atoms with Crippen molar-refractivity contribution >= 4 is 11.7 Å². The molecule has 2 aromatic rings. The fourth-order valence-corrected chi connectivity index (χ4v) is 3.12. The first-order valence-electron chi connectivity index (χ1n) is 8.65. The summed E-state index contributed by atoms with van der Waals surface area (Å²) in [6.07, 6.45) is 6.65. The van der Waals surface area contributed by atoms with Crippen LogP contribution >= 0.6 is 0 Å². The molecule has 0 N–H and O–H groups in total. The minimum Gasteiger partial charge on any atom is -0.363 e. The monoisotopic (exact) mass is 342 g/mol. The van der Waals surface area contributed by atoms with Crippen LogP contribution < -0.4 is 4.90 Å². The number of aromatic nitrogens is 3. The molecule has 0 aliphatic carbocycles. The third kappa shape index (κ3) is 4.36. The fourth-order valence-electron chi connectivity index (χ4n) is 3.12. The van der Waals surface area contributed by atoms with Gasteiger partial charge in [0, 0.05) is 77.4 Å². The summed E-state index contributed by atoms with van der Waals surface area (Å²) >= 11 is 0. The van der Waals surface area contributed by atoms with Crippen molar-refractivity contribution in [2.75, 3.05) is 45.2 Å². The Balaban J connectivity index is 1.62. The molecule has 0 aromatic carbocycles. The highest BCUT2D eigenvalue weighted by Gasteiger charge is 2.21. The molecule has 0 radical (unpaired) electrons. The van der Waals surface area contributed by atoms with Gasteiger partial charge in [0.05, 0.1) is 6.20 Å². The number of amides is 1. The molecule has 1 aliphatic rings. The van der Waals surface area contributed by atoms with E-state index in [2.05, 4.69) is 15.0 Å². The van der Waals surface area contributed by atoms with Crippen LogP contribution in [0.25, 0.3) is 0 Å². The van der Waals surface area contributed by atoms with E-state index in [1.807, 2.05) is 54.1 Å². The number of anilines is 1. The molecule has 7 heteroatoms. The van der Waals surface area contributed by atoms with Gasteiger partial charge in [-0.3, -0.25) is 14.4 Å². The van der Waals surface area contributed by atoms with Gasteiger partial charge in [-0.1, -0.05) is 0 Å². The van der Waals surface area contributed by atoms with E-state index >= 15 is 0 Å². The predicted octanol–water partition coefficient (Wildman–Crippen LogP) is 1.23. The molecule has 0 saturated carbocycles. The lowest BCUT2D eigenvalue weighted by molar-refractivity contribution is 0.0761. The summed E-state index contributed by atoms with van der Waals surface area (Å²) in [6.45, 7) is 4.31. The second-order valence-corrected chi connectivity index (χ2v) is 6.74. The maximum Gasteiger partial charge on any atom is 0.254 e. The van der Waals surface area contributed by atoms with E-state index in [1.165, 1.54) is 5.56 Å². The maximum absolute atomic E-state index is 12.8. The Hall–Kier alpha value is -2.41. The van der Waals surface area contributed by atoms with Gasteiger partial charge in [0.2, 0.25) is 0 Å². The Morgan fingerprint density at radius 1 is 1.24 bits per heavy atom. The van der Waals surface area contributed by atoms with Gasteiger partial charge in [-0.25, -0.2) is 4.98 Å². The van der Waals surface area contributed by atoms with Crippen LogP contribution in [-0.2, 0) is 13.6 Å². The molecule has 1 fully saturated rings. The van der Waals surface area contributed by atoms with Gasteiger partial charge >= 0.3 is 0 Å². The Morgan fingerprint density at radius 3 is 2.80 bits per heavy atom. The predicted molar refractivity (Wildman–Crippen MR) is 97.6 cm³/mol. The van der Waals surface area contributed by atoms with Crippen molar-refractivity contribution in [2.45, 2.75) is 13.0 Å². The first-order chi connectivity index (χ1) is 12.0. The Labute approximate surface area is 148 Å². The number of carbonyl (C=O) groups is 1. The van der Waals surface area contributed by atoms with Crippen LogP contribution in [0.15, 0.2) is 30.7 Å². The van der Waals surface area contributed by atoms with Gasteiger partial charge in [0.1, 0.15) is 5.82 Å². The van der Waals surface area contributed by atoms with Gasteiger partial charge in [-0.05, 0) is 18.6 Å². The lowest BCUT2D eigenvalue weighted by Gasteiger charge is -2.22. The number of aryl methyl sites for hydroxylation is 1. The van der Waals surface area contributed by atoms with Crippen LogP contribution in [0.1, 0.15) is 22.3 Å². The zero-order chi connectivity index (χ0) is 17.8. The van der Waals surface area contributed by atoms with Gasteiger partial charge < -0.3 is 9.80 Å².